The predicted octanol–water partition coefficient (Wildman–Crippen LogP) is 2.56. The van der Waals surface area contributed by atoms with Crippen molar-refractivity contribution in [3.8, 4) is 0 Å². The SMILES string of the molecule is CCc1nc2c(=O)n(CC(=O)NC3CCCCCC3)nc(C)c2s1. The number of hydrogen-bond acceptors (Lipinski definition) is 5. The van der Waals surface area contributed by atoms with Crippen molar-refractivity contribution in [1.82, 2.24) is 20.1 Å². The van der Waals surface area contributed by atoms with E-state index in [1.54, 1.807) is 0 Å². The zero-order chi connectivity index (χ0) is 17.1. The van der Waals surface area contributed by atoms with Crippen LogP contribution < -0.4 is 10.9 Å². The molecule has 3 rings (SSSR count). The van der Waals surface area contributed by atoms with Crippen molar-refractivity contribution in [2.24, 2.45) is 0 Å². The number of rotatable bonds is 4. The highest BCUT2D eigenvalue weighted by Gasteiger charge is 2.18. The zero-order valence-electron chi connectivity index (χ0n) is 14.3. The highest BCUT2D eigenvalue weighted by molar-refractivity contribution is 7.18. The van der Waals surface area contributed by atoms with Crippen molar-refractivity contribution in [2.75, 3.05) is 0 Å². The van der Waals surface area contributed by atoms with Crippen molar-refractivity contribution in [1.29, 1.82) is 0 Å². The molecule has 6 nitrogen and oxygen atoms in total. The minimum absolute atomic E-state index is 0.0366. The van der Waals surface area contributed by atoms with Gasteiger partial charge < -0.3 is 5.32 Å². The minimum atomic E-state index is -0.275. The molecule has 0 unspecified atom stereocenters. The zero-order valence-corrected chi connectivity index (χ0v) is 15.1. The molecule has 2 aromatic rings. The van der Waals surface area contributed by atoms with Gasteiger partial charge in [-0.1, -0.05) is 32.6 Å². The van der Waals surface area contributed by atoms with E-state index >= 15 is 0 Å². The standard InChI is InChI=1S/C17H24N4O2S/c1-3-14-19-15-16(24-14)11(2)20-21(17(15)23)10-13(22)18-12-8-6-4-5-7-9-12/h12H,3-10H2,1-2H3,(H,18,22). The van der Waals surface area contributed by atoms with E-state index in [2.05, 4.69) is 15.4 Å². The second-order valence-corrected chi connectivity index (χ2v) is 7.53. The summed E-state index contributed by atoms with van der Waals surface area (Å²) in [5, 5.41) is 8.30. The highest BCUT2D eigenvalue weighted by Crippen LogP contribution is 2.22. The number of thiazole rings is 1. The molecule has 0 aromatic carbocycles. The Balaban J connectivity index is 1.78. The fourth-order valence-electron chi connectivity index (χ4n) is 3.24. The summed E-state index contributed by atoms with van der Waals surface area (Å²) in [4.78, 5) is 29.3. The molecule has 0 aliphatic heterocycles. The van der Waals surface area contributed by atoms with Gasteiger partial charge in [0, 0.05) is 6.04 Å². The van der Waals surface area contributed by atoms with Crippen LogP contribution in [0.25, 0.3) is 10.2 Å². The molecule has 0 spiro atoms. The first-order valence-electron chi connectivity index (χ1n) is 8.75. The van der Waals surface area contributed by atoms with Crippen LogP contribution in [0.2, 0.25) is 0 Å². The third-order valence-electron chi connectivity index (χ3n) is 4.52. The van der Waals surface area contributed by atoms with E-state index in [4.69, 9.17) is 0 Å². The lowest BCUT2D eigenvalue weighted by molar-refractivity contribution is -0.122. The Morgan fingerprint density at radius 1 is 1.29 bits per heavy atom. The van der Waals surface area contributed by atoms with E-state index in [-0.39, 0.29) is 24.1 Å². The lowest BCUT2D eigenvalue weighted by Gasteiger charge is -2.16. The molecule has 2 aromatic heterocycles. The first-order chi connectivity index (χ1) is 11.6. The van der Waals surface area contributed by atoms with Gasteiger partial charge in [0.05, 0.1) is 15.4 Å². The van der Waals surface area contributed by atoms with E-state index < -0.39 is 0 Å². The summed E-state index contributed by atoms with van der Waals surface area (Å²) < 4.78 is 2.08. The second-order valence-electron chi connectivity index (χ2n) is 6.44. The Labute approximate surface area is 145 Å². The number of carbonyl (C=O) groups is 1. The van der Waals surface area contributed by atoms with Gasteiger partial charge in [0.2, 0.25) is 5.91 Å². The third-order valence-corrected chi connectivity index (χ3v) is 5.83. The average Bonchev–Trinajstić information content (AvgIpc) is 2.85. The van der Waals surface area contributed by atoms with E-state index in [0.717, 1.165) is 47.5 Å². The van der Waals surface area contributed by atoms with Gasteiger partial charge in [-0.2, -0.15) is 5.10 Å². The van der Waals surface area contributed by atoms with Crippen molar-refractivity contribution < 1.29 is 4.79 Å². The summed E-state index contributed by atoms with van der Waals surface area (Å²) >= 11 is 1.51. The average molecular weight is 348 g/mol. The van der Waals surface area contributed by atoms with Crippen LogP contribution in [0.5, 0.6) is 0 Å². The number of aromatic nitrogens is 3. The van der Waals surface area contributed by atoms with Crippen molar-refractivity contribution in [2.45, 2.75) is 71.4 Å². The van der Waals surface area contributed by atoms with E-state index in [9.17, 15) is 9.59 Å². The summed E-state index contributed by atoms with van der Waals surface area (Å²) in [5.41, 5.74) is 0.915. The molecule has 2 heterocycles. The van der Waals surface area contributed by atoms with Crippen LogP contribution in [0.15, 0.2) is 4.79 Å². The highest BCUT2D eigenvalue weighted by atomic mass is 32.1. The molecule has 0 atom stereocenters. The predicted molar refractivity (Wildman–Crippen MR) is 95.4 cm³/mol. The van der Waals surface area contributed by atoms with Gasteiger partial charge in [-0.05, 0) is 26.2 Å². The molecular weight excluding hydrogens is 324 g/mol. The fraction of sp³-hybridized carbons (Fsp3) is 0.647. The van der Waals surface area contributed by atoms with Gasteiger partial charge in [0.25, 0.3) is 5.56 Å². The summed E-state index contributed by atoms with van der Waals surface area (Å²) in [6, 6.07) is 0.228. The van der Waals surface area contributed by atoms with Gasteiger partial charge in [-0.3, -0.25) is 9.59 Å². The fourth-order valence-corrected chi connectivity index (χ4v) is 4.18. The molecule has 1 saturated carbocycles. The van der Waals surface area contributed by atoms with Crippen LogP contribution in [-0.2, 0) is 17.8 Å². The molecule has 0 bridgehead atoms. The number of carbonyl (C=O) groups excluding carboxylic acids is 1. The monoisotopic (exact) mass is 348 g/mol. The topological polar surface area (TPSA) is 76.9 Å². The quantitative estimate of drug-likeness (QED) is 0.862. The maximum absolute atomic E-state index is 12.6. The maximum atomic E-state index is 12.6. The van der Waals surface area contributed by atoms with E-state index in [0.29, 0.717) is 5.52 Å². The number of nitrogens with one attached hydrogen (secondary N) is 1. The number of nitrogens with zero attached hydrogens (tertiary/aromatic N) is 3. The van der Waals surface area contributed by atoms with E-state index in [1.165, 1.54) is 28.9 Å². The molecule has 0 radical (unpaired) electrons. The summed E-state index contributed by atoms with van der Waals surface area (Å²) in [6.45, 7) is 3.84. The number of hydrogen-bond donors (Lipinski definition) is 1. The lowest BCUT2D eigenvalue weighted by Crippen LogP contribution is -2.39. The normalized spacial score (nSPS) is 16.2. The molecular formula is C17H24N4O2S. The van der Waals surface area contributed by atoms with Crippen LogP contribution in [0.4, 0.5) is 0 Å². The molecule has 1 aliphatic carbocycles. The Bertz CT molecular complexity index is 788. The van der Waals surface area contributed by atoms with Gasteiger partial charge >= 0.3 is 0 Å². The second kappa shape index (κ2) is 7.42. The Morgan fingerprint density at radius 3 is 2.67 bits per heavy atom. The molecule has 0 saturated heterocycles. The first-order valence-corrected chi connectivity index (χ1v) is 9.56. The third kappa shape index (κ3) is 3.66. The molecule has 24 heavy (non-hydrogen) atoms. The Morgan fingerprint density at radius 2 is 2.00 bits per heavy atom. The van der Waals surface area contributed by atoms with Crippen molar-refractivity contribution >= 4 is 27.5 Å². The molecule has 1 amide bonds. The summed E-state index contributed by atoms with van der Waals surface area (Å²) in [5.74, 6) is -0.138. The Hall–Kier alpha value is -1.76. The van der Waals surface area contributed by atoms with Crippen LogP contribution in [0.3, 0.4) is 0 Å². The number of fused-ring (bicyclic) bond motifs is 1. The van der Waals surface area contributed by atoms with Crippen LogP contribution in [0.1, 0.15) is 56.2 Å². The molecule has 7 heteroatoms. The minimum Gasteiger partial charge on any atom is -0.352 e. The maximum Gasteiger partial charge on any atom is 0.294 e. The number of aryl methyl sites for hydroxylation is 2. The first kappa shape index (κ1) is 17.1. The van der Waals surface area contributed by atoms with Crippen LogP contribution in [0, 0.1) is 6.92 Å². The van der Waals surface area contributed by atoms with Gasteiger partial charge in [0.1, 0.15) is 6.54 Å². The van der Waals surface area contributed by atoms with Crippen molar-refractivity contribution in [3.63, 3.8) is 0 Å². The lowest BCUT2D eigenvalue weighted by atomic mass is 10.1. The van der Waals surface area contributed by atoms with Crippen LogP contribution >= 0.6 is 11.3 Å². The molecule has 130 valence electrons. The Kier molecular flexibility index (Phi) is 5.28. The largest absolute Gasteiger partial charge is 0.352 e. The molecule has 1 fully saturated rings. The molecule has 1 aliphatic rings. The number of amides is 1. The van der Waals surface area contributed by atoms with Crippen molar-refractivity contribution in [3.05, 3.63) is 21.1 Å². The van der Waals surface area contributed by atoms with Crippen LogP contribution in [-0.4, -0.2) is 26.7 Å². The van der Waals surface area contributed by atoms with Gasteiger partial charge in [-0.25, -0.2) is 9.67 Å². The summed E-state index contributed by atoms with van der Waals surface area (Å²) in [6.07, 6.45) is 7.65. The van der Waals surface area contributed by atoms with E-state index in [1.807, 2.05) is 13.8 Å². The summed E-state index contributed by atoms with van der Waals surface area (Å²) in [7, 11) is 0. The molecule has 1 N–H and O–H groups in total. The smallest absolute Gasteiger partial charge is 0.294 e. The van der Waals surface area contributed by atoms with Gasteiger partial charge in [0.15, 0.2) is 5.52 Å². The van der Waals surface area contributed by atoms with Gasteiger partial charge in [-0.15, -0.1) is 11.3 Å².